The molecule has 1 aliphatic heterocycles. The summed E-state index contributed by atoms with van der Waals surface area (Å²) in [5.74, 6) is 1.45. The largest absolute Gasteiger partial charge is 0.394 e. The van der Waals surface area contributed by atoms with E-state index in [0.29, 0.717) is 30.8 Å². The van der Waals surface area contributed by atoms with Crippen molar-refractivity contribution in [3.05, 3.63) is 17.0 Å². The zero-order chi connectivity index (χ0) is 15.1. The van der Waals surface area contributed by atoms with E-state index in [1.807, 2.05) is 6.92 Å². The van der Waals surface area contributed by atoms with Crippen LogP contribution in [0.25, 0.3) is 0 Å². The third-order valence-electron chi connectivity index (χ3n) is 3.37. The molecule has 0 aromatic carbocycles. The van der Waals surface area contributed by atoms with Crippen LogP contribution >= 0.6 is 11.6 Å². The van der Waals surface area contributed by atoms with E-state index >= 15 is 0 Å². The van der Waals surface area contributed by atoms with Crippen LogP contribution in [0.2, 0.25) is 5.15 Å². The van der Waals surface area contributed by atoms with Gasteiger partial charge < -0.3 is 19.5 Å². The Morgan fingerprint density at radius 3 is 2.81 bits per heavy atom. The molecule has 1 saturated heterocycles. The SMILES string of the molecule is CCOCc1nc(Cl)cc(N2CCC(OCCO)CC2)n1. The zero-order valence-corrected chi connectivity index (χ0v) is 13.1. The number of anilines is 1. The van der Waals surface area contributed by atoms with Crippen molar-refractivity contribution in [1.29, 1.82) is 0 Å². The van der Waals surface area contributed by atoms with Crippen LogP contribution in [0.15, 0.2) is 6.07 Å². The molecule has 118 valence electrons. The Morgan fingerprint density at radius 1 is 1.38 bits per heavy atom. The highest BCUT2D eigenvalue weighted by Crippen LogP contribution is 2.22. The molecule has 0 aliphatic carbocycles. The quantitative estimate of drug-likeness (QED) is 0.772. The summed E-state index contributed by atoms with van der Waals surface area (Å²) in [6.07, 6.45) is 2.05. The normalized spacial score (nSPS) is 16.4. The van der Waals surface area contributed by atoms with Gasteiger partial charge in [-0.2, -0.15) is 0 Å². The number of halogens is 1. The van der Waals surface area contributed by atoms with Gasteiger partial charge in [0, 0.05) is 25.8 Å². The van der Waals surface area contributed by atoms with Crippen molar-refractivity contribution in [2.45, 2.75) is 32.5 Å². The summed E-state index contributed by atoms with van der Waals surface area (Å²) < 4.78 is 10.9. The number of piperidine rings is 1. The molecule has 1 fully saturated rings. The molecule has 1 N–H and O–H groups in total. The maximum absolute atomic E-state index is 8.78. The minimum Gasteiger partial charge on any atom is -0.394 e. The van der Waals surface area contributed by atoms with E-state index in [4.69, 9.17) is 26.2 Å². The number of ether oxygens (including phenoxy) is 2. The third kappa shape index (κ3) is 5.07. The minimum absolute atomic E-state index is 0.0719. The predicted octanol–water partition coefficient (Wildman–Crippen LogP) is 1.64. The van der Waals surface area contributed by atoms with Crippen LogP contribution in [-0.2, 0) is 16.1 Å². The van der Waals surface area contributed by atoms with E-state index in [2.05, 4.69) is 14.9 Å². The molecular formula is C14H22ClN3O3. The van der Waals surface area contributed by atoms with Gasteiger partial charge in [0.05, 0.1) is 19.3 Å². The van der Waals surface area contributed by atoms with Gasteiger partial charge in [0.2, 0.25) is 0 Å². The van der Waals surface area contributed by atoms with Crippen molar-refractivity contribution < 1.29 is 14.6 Å². The molecule has 0 saturated carbocycles. The van der Waals surface area contributed by atoms with E-state index in [9.17, 15) is 0 Å². The number of hydrogen-bond acceptors (Lipinski definition) is 6. The summed E-state index contributed by atoms with van der Waals surface area (Å²) >= 11 is 6.06. The Bertz CT molecular complexity index is 439. The Morgan fingerprint density at radius 2 is 2.14 bits per heavy atom. The van der Waals surface area contributed by atoms with Crippen molar-refractivity contribution in [3.63, 3.8) is 0 Å². The first-order valence-corrected chi connectivity index (χ1v) is 7.69. The maximum atomic E-state index is 8.78. The number of aromatic nitrogens is 2. The highest BCUT2D eigenvalue weighted by molar-refractivity contribution is 6.29. The van der Waals surface area contributed by atoms with Crippen LogP contribution in [0.4, 0.5) is 5.82 Å². The second kappa shape index (κ2) is 8.48. The lowest BCUT2D eigenvalue weighted by Crippen LogP contribution is -2.38. The maximum Gasteiger partial charge on any atom is 0.158 e. The number of nitrogens with zero attached hydrogens (tertiary/aromatic N) is 3. The molecule has 6 nitrogen and oxygen atoms in total. The Kier molecular flexibility index (Phi) is 6.63. The van der Waals surface area contributed by atoms with Gasteiger partial charge >= 0.3 is 0 Å². The van der Waals surface area contributed by atoms with Gasteiger partial charge in [0.15, 0.2) is 5.82 Å². The van der Waals surface area contributed by atoms with E-state index in [0.717, 1.165) is 31.7 Å². The molecule has 7 heteroatoms. The molecule has 0 spiro atoms. The predicted molar refractivity (Wildman–Crippen MR) is 80.6 cm³/mol. The van der Waals surface area contributed by atoms with Gasteiger partial charge in [-0.1, -0.05) is 11.6 Å². The molecule has 21 heavy (non-hydrogen) atoms. The molecule has 1 aromatic rings. The summed E-state index contributed by atoms with van der Waals surface area (Å²) in [7, 11) is 0. The van der Waals surface area contributed by atoms with Crippen molar-refractivity contribution in [1.82, 2.24) is 9.97 Å². The van der Waals surface area contributed by atoms with Crippen LogP contribution in [-0.4, -0.2) is 54.1 Å². The average molecular weight is 316 g/mol. The standard InChI is InChI=1S/C14H22ClN3O3/c1-2-20-10-13-16-12(15)9-14(17-13)18-5-3-11(4-6-18)21-8-7-19/h9,11,19H,2-8,10H2,1H3. The van der Waals surface area contributed by atoms with Gasteiger partial charge in [-0.05, 0) is 19.8 Å². The molecule has 0 atom stereocenters. The Labute approximate surface area is 130 Å². The summed E-state index contributed by atoms with van der Waals surface area (Å²) in [6, 6.07) is 1.78. The lowest BCUT2D eigenvalue weighted by molar-refractivity contribution is 0.0158. The molecule has 1 aliphatic rings. The molecule has 0 bridgehead atoms. The molecule has 2 rings (SSSR count). The lowest BCUT2D eigenvalue weighted by Gasteiger charge is -2.32. The Balaban J connectivity index is 1.94. The summed E-state index contributed by atoms with van der Waals surface area (Å²) in [5.41, 5.74) is 0. The third-order valence-corrected chi connectivity index (χ3v) is 3.57. The summed E-state index contributed by atoms with van der Waals surface area (Å²) in [4.78, 5) is 10.9. The highest BCUT2D eigenvalue weighted by atomic mass is 35.5. The van der Waals surface area contributed by atoms with Crippen LogP contribution in [0, 0.1) is 0 Å². The van der Waals surface area contributed by atoms with Crippen LogP contribution in [0.5, 0.6) is 0 Å². The molecule has 2 heterocycles. The van der Waals surface area contributed by atoms with Gasteiger partial charge in [-0.3, -0.25) is 0 Å². The van der Waals surface area contributed by atoms with Gasteiger partial charge in [-0.25, -0.2) is 9.97 Å². The van der Waals surface area contributed by atoms with Crippen LogP contribution in [0.1, 0.15) is 25.6 Å². The van der Waals surface area contributed by atoms with Crippen molar-refractivity contribution in [3.8, 4) is 0 Å². The number of rotatable bonds is 7. The first kappa shape index (κ1) is 16.4. The van der Waals surface area contributed by atoms with E-state index in [1.165, 1.54) is 0 Å². The molecule has 0 radical (unpaired) electrons. The monoisotopic (exact) mass is 315 g/mol. The number of aliphatic hydroxyl groups is 1. The zero-order valence-electron chi connectivity index (χ0n) is 12.3. The summed E-state index contributed by atoms with van der Waals surface area (Å²) in [6.45, 7) is 5.13. The summed E-state index contributed by atoms with van der Waals surface area (Å²) in [5, 5.41) is 9.22. The lowest BCUT2D eigenvalue weighted by atomic mass is 10.1. The van der Waals surface area contributed by atoms with Crippen LogP contribution in [0.3, 0.4) is 0 Å². The first-order chi connectivity index (χ1) is 10.2. The van der Waals surface area contributed by atoms with E-state index < -0.39 is 0 Å². The smallest absolute Gasteiger partial charge is 0.158 e. The van der Waals surface area contributed by atoms with E-state index in [-0.39, 0.29) is 12.7 Å². The molecule has 0 unspecified atom stereocenters. The topological polar surface area (TPSA) is 67.7 Å². The van der Waals surface area contributed by atoms with Crippen molar-refractivity contribution in [2.75, 3.05) is 37.8 Å². The second-order valence-electron chi connectivity index (χ2n) is 4.88. The number of aliphatic hydroxyl groups excluding tert-OH is 1. The second-order valence-corrected chi connectivity index (χ2v) is 5.27. The van der Waals surface area contributed by atoms with Crippen molar-refractivity contribution in [2.24, 2.45) is 0 Å². The van der Waals surface area contributed by atoms with Gasteiger partial charge in [0.25, 0.3) is 0 Å². The Hall–Kier alpha value is -0.950. The fourth-order valence-electron chi connectivity index (χ4n) is 2.34. The molecule has 1 aromatic heterocycles. The highest BCUT2D eigenvalue weighted by Gasteiger charge is 2.21. The van der Waals surface area contributed by atoms with E-state index in [1.54, 1.807) is 6.07 Å². The number of hydrogen-bond donors (Lipinski definition) is 1. The van der Waals surface area contributed by atoms with Crippen molar-refractivity contribution >= 4 is 17.4 Å². The van der Waals surface area contributed by atoms with Gasteiger partial charge in [0.1, 0.15) is 17.6 Å². The van der Waals surface area contributed by atoms with Gasteiger partial charge in [-0.15, -0.1) is 0 Å². The fourth-order valence-corrected chi connectivity index (χ4v) is 2.54. The van der Waals surface area contributed by atoms with Crippen LogP contribution < -0.4 is 4.90 Å². The molecular weight excluding hydrogens is 294 g/mol. The fraction of sp³-hybridized carbons (Fsp3) is 0.714. The minimum atomic E-state index is 0.0719. The average Bonchev–Trinajstić information content (AvgIpc) is 2.51. The molecule has 0 amide bonds. The first-order valence-electron chi connectivity index (χ1n) is 7.31.